The van der Waals surface area contributed by atoms with Crippen molar-refractivity contribution in [2.45, 2.75) is 13.3 Å². The fourth-order valence-electron chi connectivity index (χ4n) is 2.49. The summed E-state index contributed by atoms with van der Waals surface area (Å²) in [7, 11) is 1.99. The normalized spacial score (nSPS) is 12.7. The number of nitrogens with one attached hydrogen (secondary N) is 1. The summed E-state index contributed by atoms with van der Waals surface area (Å²) in [5, 5.41) is 3.21. The highest BCUT2D eigenvalue weighted by atomic mass is 32.2. The van der Waals surface area contributed by atoms with Gasteiger partial charge in [0.1, 0.15) is 11.5 Å². The number of thioether (sulfide) groups is 1. The molecule has 0 aromatic heterocycles. The summed E-state index contributed by atoms with van der Waals surface area (Å²) in [5.74, 6) is 2.92. The molecule has 3 heteroatoms. The molecule has 0 amide bonds. The van der Waals surface area contributed by atoms with Crippen LogP contribution >= 0.6 is 11.8 Å². The topological polar surface area (TPSA) is 21.3 Å². The molecule has 0 spiro atoms. The lowest BCUT2D eigenvalue weighted by Gasteiger charge is -2.12. The van der Waals surface area contributed by atoms with E-state index >= 15 is 0 Å². The molecule has 1 heterocycles. The number of fused-ring (bicyclic) bond motifs is 2. The third-order valence-corrected chi connectivity index (χ3v) is 4.81. The first-order valence-electron chi connectivity index (χ1n) is 7.71. The zero-order valence-corrected chi connectivity index (χ0v) is 13.9. The van der Waals surface area contributed by atoms with Crippen molar-refractivity contribution in [3.8, 4) is 11.5 Å². The summed E-state index contributed by atoms with van der Waals surface area (Å²) in [6, 6.07) is 14.7. The number of aryl methyl sites for hydroxylation is 1. The van der Waals surface area contributed by atoms with Crippen molar-refractivity contribution in [3.63, 3.8) is 0 Å². The summed E-state index contributed by atoms with van der Waals surface area (Å²) in [6.07, 6.45) is 3.29. The maximum atomic E-state index is 6.16. The van der Waals surface area contributed by atoms with E-state index in [0.29, 0.717) is 0 Å². The Morgan fingerprint density at radius 2 is 1.95 bits per heavy atom. The molecule has 3 rings (SSSR count). The molecule has 1 aliphatic heterocycles. The molecule has 1 aliphatic rings. The molecule has 0 aliphatic carbocycles. The number of hydrogen-bond donors (Lipinski definition) is 1. The van der Waals surface area contributed by atoms with Gasteiger partial charge in [-0.1, -0.05) is 31.2 Å². The van der Waals surface area contributed by atoms with Crippen LogP contribution in [0.25, 0.3) is 11.0 Å². The van der Waals surface area contributed by atoms with E-state index in [1.807, 2.05) is 30.9 Å². The van der Waals surface area contributed by atoms with Crippen LogP contribution in [0.3, 0.4) is 0 Å². The quantitative estimate of drug-likeness (QED) is 0.801. The predicted octanol–water partition coefficient (Wildman–Crippen LogP) is 4.81. The highest BCUT2D eigenvalue weighted by Gasteiger charge is 2.17. The van der Waals surface area contributed by atoms with Gasteiger partial charge in [0.05, 0.1) is 0 Å². The van der Waals surface area contributed by atoms with Crippen LogP contribution in [0.15, 0.2) is 42.5 Å². The Labute approximate surface area is 136 Å². The van der Waals surface area contributed by atoms with Crippen LogP contribution in [0, 0.1) is 0 Å². The largest absolute Gasteiger partial charge is 0.456 e. The lowest BCUT2D eigenvalue weighted by atomic mass is 10.1. The van der Waals surface area contributed by atoms with Crippen molar-refractivity contribution in [3.05, 3.63) is 59.2 Å². The fourth-order valence-corrected chi connectivity index (χ4v) is 3.54. The minimum Gasteiger partial charge on any atom is -0.456 e. The lowest BCUT2D eigenvalue weighted by molar-refractivity contribution is 0.481. The second-order valence-corrected chi connectivity index (χ2v) is 6.42. The van der Waals surface area contributed by atoms with Gasteiger partial charge in [-0.15, -0.1) is 11.8 Å². The molecule has 0 atom stereocenters. The lowest BCUT2D eigenvalue weighted by Crippen LogP contribution is -2.09. The van der Waals surface area contributed by atoms with E-state index in [-0.39, 0.29) is 0 Å². The summed E-state index contributed by atoms with van der Waals surface area (Å²) >= 11 is 1.88. The van der Waals surface area contributed by atoms with E-state index in [9.17, 15) is 0 Å². The predicted molar refractivity (Wildman–Crippen MR) is 96.6 cm³/mol. The van der Waals surface area contributed by atoms with Crippen molar-refractivity contribution in [2.75, 3.05) is 19.3 Å². The highest BCUT2D eigenvalue weighted by Crippen LogP contribution is 2.42. The van der Waals surface area contributed by atoms with Gasteiger partial charge in [0, 0.05) is 28.3 Å². The molecule has 22 heavy (non-hydrogen) atoms. The first-order chi connectivity index (χ1) is 10.8. The Hall–Kier alpha value is -1.71. The molecule has 0 bridgehead atoms. The molecule has 0 saturated carbocycles. The maximum absolute atomic E-state index is 6.16. The molecule has 2 nitrogen and oxygen atoms in total. The zero-order chi connectivity index (χ0) is 15.4. The zero-order valence-electron chi connectivity index (χ0n) is 13.1. The molecule has 0 unspecified atom stereocenters. The second kappa shape index (κ2) is 7.03. The molecule has 114 valence electrons. The van der Waals surface area contributed by atoms with E-state index in [4.69, 9.17) is 4.74 Å². The summed E-state index contributed by atoms with van der Waals surface area (Å²) in [5.41, 5.74) is 3.69. The molecule has 2 aromatic carbocycles. The molecule has 0 radical (unpaired) electrons. The van der Waals surface area contributed by atoms with Crippen LogP contribution in [-0.2, 0) is 6.42 Å². The van der Waals surface area contributed by atoms with E-state index in [1.54, 1.807) is 0 Å². The summed E-state index contributed by atoms with van der Waals surface area (Å²) in [4.78, 5) is 1.28. The molecule has 2 aromatic rings. The van der Waals surface area contributed by atoms with Crippen LogP contribution in [0.1, 0.15) is 23.6 Å². The summed E-state index contributed by atoms with van der Waals surface area (Å²) < 4.78 is 6.16. The first kappa shape index (κ1) is 15.2. The van der Waals surface area contributed by atoms with Crippen molar-refractivity contribution in [1.82, 2.24) is 5.32 Å². The Balaban J connectivity index is 2.05. The van der Waals surface area contributed by atoms with Crippen molar-refractivity contribution < 1.29 is 4.74 Å². The molecule has 1 N–H and O–H groups in total. The number of para-hydroxylation sites is 1. The van der Waals surface area contributed by atoms with E-state index in [1.165, 1.54) is 16.0 Å². The molecular formula is C19H21NOS. The van der Waals surface area contributed by atoms with Crippen molar-refractivity contribution in [2.24, 2.45) is 0 Å². The van der Waals surface area contributed by atoms with Gasteiger partial charge in [-0.25, -0.2) is 0 Å². The van der Waals surface area contributed by atoms with Crippen LogP contribution in [0.4, 0.5) is 0 Å². The van der Waals surface area contributed by atoms with Crippen LogP contribution < -0.4 is 10.1 Å². The number of ether oxygens (including phenoxy) is 1. The molecular weight excluding hydrogens is 290 g/mol. The average molecular weight is 311 g/mol. The Bertz CT molecular complexity index is 694. The van der Waals surface area contributed by atoms with E-state index in [2.05, 4.69) is 48.6 Å². The van der Waals surface area contributed by atoms with Gasteiger partial charge in [-0.2, -0.15) is 0 Å². The molecule has 0 saturated heterocycles. The van der Waals surface area contributed by atoms with Gasteiger partial charge in [-0.3, -0.25) is 0 Å². The van der Waals surface area contributed by atoms with Gasteiger partial charge >= 0.3 is 0 Å². The summed E-state index contributed by atoms with van der Waals surface area (Å²) in [6.45, 7) is 3.18. The third-order valence-electron chi connectivity index (χ3n) is 3.75. The highest BCUT2D eigenvalue weighted by molar-refractivity contribution is 8.08. The van der Waals surface area contributed by atoms with Gasteiger partial charge < -0.3 is 10.1 Å². The SMILES string of the molecule is CCc1ccc2c(c1)C(SCCNC)=Cc1ccccc1O2. The minimum absolute atomic E-state index is 0.928. The number of rotatable bonds is 5. The Kier molecular flexibility index (Phi) is 4.86. The third kappa shape index (κ3) is 3.21. The smallest absolute Gasteiger partial charge is 0.135 e. The van der Waals surface area contributed by atoms with Crippen LogP contribution in [0.2, 0.25) is 0 Å². The number of hydrogen-bond acceptors (Lipinski definition) is 3. The Morgan fingerprint density at radius 1 is 1.09 bits per heavy atom. The van der Waals surface area contributed by atoms with Gasteiger partial charge in [0.15, 0.2) is 0 Å². The van der Waals surface area contributed by atoms with Crippen molar-refractivity contribution >= 4 is 22.7 Å². The van der Waals surface area contributed by atoms with E-state index in [0.717, 1.165) is 35.8 Å². The van der Waals surface area contributed by atoms with Crippen molar-refractivity contribution in [1.29, 1.82) is 0 Å². The molecule has 0 fully saturated rings. The first-order valence-corrected chi connectivity index (χ1v) is 8.69. The minimum atomic E-state index is 0.928. The van der Waals surface area contributed by atoms with Gasteiger partial charge in [0.2, 0.25) is 0 Å². The van der Waals surface area contributed by atoms with Gasteiger partial charge in [0.25, 0.3) is 0 Å². The number of benzene rings is 2. The standard InChI is InChI=1S/C19H21NOS/c1-3-14-8-9-18-16(12-14)19(22-11-10-20-2)13-15-6-4-5-7-17(15)21-18/h4-9,12-13,20H,3,10-11H2,1-2H3. The Morgan fingerprint density at radius 3 is 2.77 bits per heavy atom. The maximum Gasteiger partial charge on any atom is 0.135 e. The average Bonchev–Trinajstić information content (AvgIpc) is 2.71. The second-order valence-electron chi connectivity index (χ2n) is 5.28. The van der Waals surface area contributed by atoms with Crippen LogP contribution in [-0.4, -0.2) is 19.3 Å². The van der Waals surface area contributed by atoms with E-state index < -0.39 is 0 Å². The fraction of sp³-hybridized carbons (Fsp3) is 0.263. The van der Waals surface area contributed by atoms with Crippen LogP contribution in [0.5, 0.6) is 11.5 Å². The van der Waals surface area contributed by atoms with Gasteiger partial charge in [-0.05, 0) is 43.3 Å². The monoisotopic (exact) mass is 311 g/mol.